The quantitative estimate of drug-likeness (QED) is 0.119. The molecule has 3 aromatic heterocycles. The van der Waals surface area contributed by atoms with E-state index >= 15 is 0 Å². The zero-order chi connectivity index (χ0) is 36.1. The van der Waals surface area contributed by atoms with Crippen LogP contribution in [0.25, 0.3) is 44.4 Å². The number of para-hydroxylation sites is 1. The number of aryl methyl sites for hydroxylation is 3. The van der Waals surface area contributed by atoms with Crippen LogP contribution >= 0.6 is 0 Å². The van der Waals surface area contributed by atoms with Gasteiger partial charge in [-0.2, -0.15) is 17.2 Å². The molecule has 0 atom stereocenters. The number of ether oxygens (including phenoxy) is 1. The van der Waals surface area contributed by atoms with Crippen LogP contribution in [0.4, 0.5) is 0 Å². The number of benzene rings is 4. The second-order valence-corrected chi connectivity index (χ2v) is 15.6. The zero-order valence-electron chi connectivity index (χ0n) is 31.8. The van der Waals surface area contributed by atoms with Gasteiger partial charge in [-0.05, 0) is 117 Å². The third-order valence-electron chi connectivity index (χ3n) is 11.9. The van der Waals surface area contributed by atoms with E-state index in [2.05, 4.69) is 104 Å². The van der Waals surface area contributed by atoms with E-state index in [0.29, 0.717) is 23.3 Å². The predicted molar refractivity (Wildman–Crippen MR) is 216 cm³/mol. The van der Waals surface area contributed by atoms with Gasteiger partial charge in [0.15, 0.2) is 0 Å². The molecule has 0 radical (unpaired) electrons. The van der Waals surface area contributed by atoms with E-state index in [9.17, 15) is 0 Å². The largest absolute Gasteiger partial charge is 2.00 e. The summed E-state index contributed by atoms with van der Waals surface area (Å²) in [5, 5.41) is 7.50. The van der Waals surface area contributed by atoms with Gasteiger partial charge in [0, 0.05) is 34.5 Å². The van der Waals surface area contributed by atoms with Crippen molar-refractivity contribution in [1.82, 2.24) is 19.3 Å². The van der Waals surface area contributed by atoms with E-state index in [4.69, 9.17) is 14.8 Å². The summed E-state index contributed by atoms with van der Waals surface area (Å²) in [7, 11) is 0. The molecule has 0 unspecified atom stereocenters. The van der Waals surface area contributed by atoms with Gasteiger partial charge in [-0.25, -0.2) is 4.98 Å². The molecule has 2 aliphatic rings. The van der Waals surface area contributed by atoms with Crippen LogP contribution in [-0.4, -0.2) is 19.3 Å². The van der Waals surface area contributed by atoms with Crippen molar-refractivity contribution < 1.29 is 25.2 Å². The van der Waals surface area contributed by atoms with E-state index in [0.717, 1.165) is 50.3 Å². The minimum atomic E-state index is 0. The molecule has 5 nitrogen and oxygen atoms in total. The van der Waals surface area contributed by atoms with Crippen LogP contribution in [0.3, 0.4) is 0 Å². The zero-order valence-corrected chi connectivity index (χ0v) is 33.4. The maximum atomic E-state index is 6.54. The minimum Gasteiger partial charge on any atom is -0.509 e. The summed E-state index contributed by atoms with van der Waals surface area (Å²) < 4.78 is 10.8. The van der Waals surface area contributed by atoms with Gasteiger partial charge in [-0.3, -0.25) is 4.68 Å². The van der Waals surface area contributed by atoms with Crippen LogP contribution in [0.5, 0.6) is 11.5 Å². The fraction of sp³-hybridized carbons (Fsp3) is 0.333. The summed E-state index contributed by atoms with van der Waals surface area (Å²) in [6.45, 7) is 8.84. The van der Waals surface area contributed by atoms with Crippen molar-refractivity contribution in [2.24, 2.45) is 0 Å². The Morgan fingerprint density at radius 2 is 1.33 bits per heavy atom. The smallest absolute Gasteiger partial charge is 0.509 e. The van der Waals surface area contributed by atoms with Crippen molar-refractivity contribution in [3.8, 4) is 34.1 Å². The first kappa shape index (κ1) is 36.5. The van der Waals surface area contributed by atoms with Gasteiger partial charge in [-0.15, -0.1) is 35.7 Å². The second-order valence-electron chi connectivity index (χ2n) is 15.6. The van der Waals surface area contributed by atoms with Crippen molar-refractivity contribution in [2.45, 2.75) is 104 Å². The van der Waals surface area contributed by atoms with Gasteiger partial charge >= 0.3 is 20.4 Å². The van der Waals surface area contributed by atoms with Crippen molar-refractivity contribution in [2.75, 3.05) is 0 Å². The molecule has 6 heteroatoms. The normalized spacial score (nSPS) is 15.5. The van der Waals surface area contributed by atoms with Crippen LogP contribution in [0.1, 0.15) is 110 Å². The molecule has 54 heavy (non-hydrogen) atoms. The summed E-state index contributed by atoms with van der Waals surface area (Å²) in [6.07, 6.45) is 15.0. The maximum Gasteiger partial charge on any atom is 2.00 e. The Morgan fingerprint density at radius 3 is 2.04 bits per heavy atom. The van der Waals surface area contributed by atoms with E-state index < -0.39 is 0 Å². The van der Waals surface area contributed by atoms with Crippen molar-refractivity contribution in [1.29, 1.82) is 0 Å². The van der Waals surface area contributed by atoms with Crippen LogP contribution < -0.4 is 4.74 Å². The third kappa shape index (κ3) is 6.73. The maximum absolute atomic E-state index is 6.54. The predicted octanol–water partition coefficient (Wildman–Crippen LogP) is 12.8. The molecule has 276 valence electrons. The summed E-state index contributed by atoms with van der Waals surface area (Å²) in [4.78, 5) is 4.73. The SMILES string of the molecule is Cc1ccnc(-n2c3[c-]c(Oc4[c-]c(-n5nc(C)c(-c6c(C7CCCCC7)cc(C)cc6C6CCCCC6)c5C)ccc4)ccc3c3ccccc32)c1.[Pd+2]. The summed E-state index contributed by atoms with van der Waals surface area (Å²) in [5.41, 5.74) is 13.6. The van der Waals surface area contributed by atoms with Gasteiger partial charge in [0.25, 0.3) is 0 Å². The molecule has 2 aliphatic carbocycles. The molecule has 0 bridgehead atoms. The van der Waals surface area contributed by atoms with Gasteiger partial charge < -0.3 is 9.30 Å². The van der Waals surface area contributed by atoms with E-state index in [1.165, 1.54) is 80.9 Å². The van der Waals surface area contributed by atoms with Crippen molar-refractivity contribution in [3.63, 3.8) is 0 Å². The number of pyridine rings is 1. The molecular formula is C48H48N4OPd. The number of nitrogens with zero attached hydrogens (tertiary/aromatic N) is 4. The van der Waals surface area contributed by atoms with E-state index in [1.807, 2.05) is 30.5 Å². The standard InChI is InChI=1S/C48H48N4O.Pd/c1-31-24-25-49-46(28-31)51-44-21-12-11-20-40(44)41-23-22-39(30-45(41)51)53-38-19-13-18-37(29-38)52-34(4)47(33(3)50-52)48-42(35-14-7-5-8-15-35)26-32(2)27-43(48)36-16-9-6-10-17-36;/h11-13,18-28,35-36H,5-10,14-17H2,1-4H3;/q-2;+2. The second kappa shape index (κ2) is 15.3. The summed E-state index contributed by atoms with van der Waals surface area (Å²) >= 11 is 0. The molecule has 7 aromatic rings. The van der Waals surface area contributed by atoms with E-state index in [1.54, 1.807) is 11.1 Å². The fourth-order valence-corrected chi connectivity index (χ4v) is 9.39. The Kier molecular flexibility index (Phi) is 10.4. The Morgan fingerprint density at radius 1 is 0.648 bits per heavy atom. The summed E-state index contributed by atoms with van der Waals surface area (Å²) in [6, 6.07) is 35.0. The Bertz CT molecular complexity index is 2420. The van der Waals surface area contributed by atoms with Crippen LogP contribution in [0.15, 0.2) is 85.1 Å². The molecule has 0 saturated heterocycles. The topological polar surface area (TPSA) is 44.9 Å². The number of hydrogen-bond acceptors (Lipinski definition) is 3. The van der Waals surface area contributed by atoms with Crippen molar-refractivity contribution in [3.05, 3.63) is 131 Å². The monoisotopic (exact) mass is 802 g/mol. The van der Waals surface area contributed by atoms with Gasteiger partial charge in [0.1, 0.15) is 5.82 Å². The van der Waals surface area contributed by atoms with E-state index in [-0.39, 0.29) is 20.4 Å². The number of rotatable bonds is 7. The molecule has 0 spiro atoms. The van der Waals surface area contributed by atoms with Gasteiger partial charge in [0.05, 0.1) is 5.69 Å². The number of aromatic nitrogens is 4. The summed E-state index contributed by atoms with van der Waals surface area (Å²) in [5.74, 6) is 3.35. The molecule has 2 saturated carbocycles. The van der Waals surface area contributed by atoms with Gasteiger partial charge in [0.2, 0.25) is 0 Å². The average Bonchev–Trinajstić information content (AvgIpc) is 3.67. The number of hydrogen-bond donors (Lipinski definition) is 0. The molecule has 0 amide bonds. The molecular weight excluding hydrogens is 755 g/mol. The minimum absolute atomic E-state index is 0. The molecule has 9 rings (SSSR count). The van der Waals surface area contributed by atoms with Crippen LogP contribution in [0, 0.1) is 39.8 Å². The first-order valence-corrected chi connectivity index (χ1v) is 19.7. The first-order valence-electron chi connectivity index (χ1n) is 19.7. The molecule has 0 aliphatic heterocycles. The van der Waals surface area contributed by atoms with Crippen molar-refractivity contribution >= 4 is 21.8 Å². The molecule has 0 N–H and O–H groups in total. The molecule has 3 heterocycles. The molecule has 4 aromatic carbocycles. The number of fused-ring (bicyclic) bond motifs is 3. The Labute approximate surface area is 333 Å². The van der Waals surface area contributed by atoms with Crippen LogP contribution in [-0.2, 0) is 20.4 Å². The molecule has 2 fully saturated rings. The Balaban J connectivity index is 0.00000413. The third-order valence-corrected chi connectivity index (χ3v) is 11.9. The fourth-order valence-electron chi connectivity index (χ4n) is 9.39. The first-order chi connectivity index (χ1) is 25.9. The average molecular weight is 803 g/mol. The van der Waals surface area contributed by atoms with Gasteiger partial charge in [-0.1, -0.05) is 79.9 Å². The Hall–Kier alpha value is -4.50. The van der Waals surface area contributed by atoms with Crippen LogP contribution in [0.2, 0.25) is 0 Å².